The molecule has 0 aliphatic carbocycles. The fourth-order valence-electron chi connectivity index (χ4n) is 1.01. The second-order valence-corrected chi connectivity index (χ2v) is 2.65. The zero-order chi connectivity index (χ0) is 10.7. The van der Waals surface area contributed by atoms with Crippen molar-refractivity contribution in [3.05, 3.63) is 36.0 Å². The van der Waals surface area contributed by atoms with E-state index in [0.717, 1.165) is 6.42 Å². The van der Waals surface area contributed by atoms with E-state index in [4.69, 9.17) is 0 Å². The summed E-state index contributed by atoms with van der Waals surface area (Å²) in [6.07, 6.45) is 8.45. The largest absolute Gasteiger partial charge is 0.0991 e. The molecule has 13 heavy (non-hydrogen) atoms. The Balaban J connectivity index is 0. The SMILES string of the molecule is C=C/C=C(CCC)\C(C)=C/C.CC. The molecule has 0 aromatic heterocycles. The van der Waals surface area contributed by atoms with E-state index in [9.17, 15) is 0 Å². The van der Waals surface area contributed by atoms with Crippen LogP contribution < -0.4 is 0 Å². The molecule has 0 atom stereocenters. The van der Waals surface area contributed by atoms with Crippen LogP contribution in [0.25, 0.3) is 0 Å². The van der Waals surface area contributed by atoms with Gasteiger partial charge in [0.2, 0.25) is 0 Å². The average molecular weight is 180 g/mol. The summed E-state index contributed by atoms with van der Waals surface area (Å²) >= 11 is 0. The van der Waals surface area contributed by atoms with Gasteiger partial charge < -0.3 is 0 Å². The molecule has 0 N–H and O–H groups in total. The fraction of sp³-hybridized carbons (Fsp3) is 0.538. The second-order valence-electron chi connectivity index (χ2n) is 2.65. The molecule has 0 aromatic carbocycles. The quantitative estimate of drug-likeness (QED) is 0.540. The van der Waals surface area contributed by atoms with Crippen LogP contribution in [0, 0.1) is 0 Å². The molecule has 0 heteroatoms. The summed E-state index contributed by atoms with van der Waals surface area (Å²) in [5, 5.41) is 0. The van der Waals surface area contributed by atoms with Gasteiger partial charge in [-0.2, -0.15) is 0 Å². The average Bonchev–Trinajstić information content (AvgIpc) is 2.19. The van der Waals surface area contributed by atoms with Gasteiger partial charge in [0.05, 0.1) is 0 Å². The first-order chi connectivity index (χ1) is 6.26. The predicted molar refractivity (Wildman–Crippen MR) is 64.0 cm³/mol. The molecule has 0 heterocycles. The third-order valence-electron chi connectivity index (χ3n) is 1.78. The first kappa shape index (κ1) is 14.7. The molecule has 0 spiro atoms. The Labute approximate surface area is 84.1 Å². The van der Waals surface area contributed by atoms with E-state index in [-0.39, 0.29) is 0 Å². The van der Waals surface area contributed by atoms with Gasteiger partial charge in [0.1, 0.15) is 0 Å². The van der Waals surface area contributed by atoms with Crippen LogP contribution in [0.1, 0.15) is 47.5 Å². The van der Waals surface area contributed by atoms with E-state index in [0.29, 0.717) is 0 Å². The van der Waals surface area contributed by atoms with Crippen molar-refractivity contribution in [1.29, 1.82) is 0 Å². The van der Waals surface area contributed by atoms with Crippen molar-refractivity contribution in [2.75, 3.05) is 0 Å². The van der Waals surface area contributed by atoms with Crippen LogP contribution in [0.15, 0.2) is 36.0 Å². The predicted octanol–water partition coefficient (Wildman–Crippen LogP) is 4.89. The third-order valence-corrected chi connectivity index (χ3v) is 1.78. The van der Waals surface area contributed by atoms with Gasteiger partial charge in [0, 0.05) is 0 Å². The Hall–Kier alpha value is -0.780. The molecule has 0 fully saturated rings. The summed E-state index contributed by atoms with van der Waals surface area (Å²) in [5.41, 5.74) is 2.77. The highest BCUT2D eigenvalue weighted by molar-refractivity contribution is 5.31. The maximum Gasteiger partial charge on any atom is -0.0279 e. The fourth-order valence-corrected chi connectivity index (χ4v) is 1.01. The topological polar surface area (TPSA) is 0 Å². The molecule has 0 amide bonds. The Bertz CT molecular complexity index is 170. The van der Waals surface area contributed by atoms with Crippen molar-refractivity contribution in [1.82, 2.24) is 0 Å². The minimum absolute atomic E-state index is 1.15. The van der Waals surface area contributed by atoms with Gasteiger partial charge in [0.25, 0.3) is 0 Å². The van der Waals surface area contributed by atoms with Crippen molar-refractivity contribution in [2.24, 2.45) is 0 Å². The second kappa shape index (κ2) is 11.2. The van der Waals surface area contributed by atoms with Crippen LogP contribution in [-0.4, -0.2) is 0 Å². The molecule has 0 unspecified atom stereocenters. The first-order valence-electron chi connectivity index (χ1n) is 5.21. The van der Waals surface area contributed by atoms with Gasteiger partial charge in [-0.25, -0.2) is 0 Å². The highest BCUT2D eigenvalue weighted by Gasteiger charge is 1.94. The van der Waals surface area contributed by atoms with E-state index < -0.39 is 0 Å². The monoisotopic (exact) mass is 180 g/mol. The van der Waals surface area contributed by atoms with Gasteiger partial charge in [-0.3, -0.25) is 0 Å². The van der Waals surface area contributed by atoms with Crippen LogP contribution >= 0.6 is 0 Å². The molecule has 0 aromatic rings. The molecule has 76 valence electrons. The standard InChI is InChI=1S/C11H18.C2H6/c1-5-8-11(9-6-2)10(4)7-3;1-2/h5,7-8H,1,6,9H2,2-4H3;1-2H3/b10-7-,11-8-;. The molecular weight excluding hydrogens is 156 g/mol. The van der Waals surface area contributed by atoms with Crippen LogP contribution in [0.4, 0.5) is 0 Å². The van der Waals surface area contributed by atoms with Crippen LogP contribution in [-0.2, 0) is 0 Å². The van der Waals surface area contributed by atoms with Gasteiger partial charge >= 0.3 is 0 Å². The molecule has 0 aliphatic rings. The smallest absolute Gasteiger partial charge is 0.0279 e. The molecule has 0 radical (unpaired) electrons. The summed E-state index contributed by atoms with van der Waals surface area (Å²) in [6, 6.07) is 0. The molecule has 0 aliphatic heterocycles. The van der Waals surface area contributed by atoms with Crippen molar-refractivity contribution < 1.29 is 0 Å². The van der Waals surface area contributed by atoms with E-state index >= 15 is 0 Å². The molecule has 0 nitrogen and oxygen atoms in total. The van der Waals surface area contributed by atoms with Crippen molar-refractivity contribution in [3.63, 3.8) is 0 Å². The van der Waals surface area contributed by atoms with Crippen molar-refractivity contribution in [2.45, 2.75) is 47.5 Å². The lowest BCUT2D eigenvalue weighted by Crippen LogP contribution is -1.83. The van der Waals surface area contributed by atoms with E-state index in [1.54, 1.807) is 0 Å². The molecule has 0 bridgehead atoms. The Morgan fingerprint density at radius 2 is 1.85 bits per heavy atom. The number of rotatable bonds is 4. The summed E-state index contributed by atoms with van der Waals surface area (Å²) in [7, 11) is 0. The summed E-state index contributed by atoms with van der Waals surface area (Å²) in [4.78, 5) is 0. The Kier molecular flexibility index (Phi) is 12.7. The maximum absolute atomic E-state index is 3.70. The number of hydrogen-bond acceptors (Lipinski definition) is 0. The van der Waals surface area contributed by atoms with E-state index in [1.165, 1.54) is 17.6 Å². The lowest BCUT2D eigenvalue weighted by atomic mass is 10.0. The molecular formula is C13H24. The molecule has 0 saturated heterocycles. The van der Waals surface area contributed by atoms with Crippen LogP contribution in [0.3, 0.4) is 0 Å². The van der Waals surface area contributed by atoms with Gasteiger partial charge in [-0.05, 0) is 25.8 Å². The lowest BCUT2D eigenvalue weighted by Gasteiger charge is -2.03. The Morgan fingerprint density at radius 3 is 2.15 bits per heavy atom. The normalized spacial score (nSPS) is 11.8. The zero-order valence-corrected chi connectivity index (χ0v) is 9.85. The molecule has 0 rings (SSSR count). The minimum Gasteiger partial charge on any atom is -0.0991 e. The lowest BCUT2D eigenvalue weighted by molar-refractivity contribution is 0.911. The van der Waals surface area contributed by atoms with Crippen molar-refractivity contribution in [3.8, 4) is 0 Å². The Morgan fingerprint density at radius 1 is 1.31 bits per heavy atom. The maximum atomic E-state index is 3.70. The number of hydrogen-bond donors (Lipinski definition) is 0. The van der Waals surface area contributed by atoms with Crippen LogP contribution in [0.2, 0.25) is 0 Å². The zero-order valence-electron chi connectivity index (χ0n) is 9.85. The highest BCUT2D eigenvalue weighted by Crippen LogP contribution is 2.14. The van der Waals surface area contributed by atoms with Crippen LogP contribution in [0.5, 0.6) is 0 Å². The van der Waals surface area contributed by atoms with Crippen molar-refractivity contribution >= 4 is 0 Å². The summed E-state index contributed by atoms with van der Waals surface area (Å²) in [6.45, 7) is 14.1. The van der Waals surface area contributed by atoms with Gasteiger partial charge in [-0.1, -0.05) is 57.6 Å². The van der Waals surface area contributed by atoms with E-state index in [1.807, 2.05) is 19.9 Å². The molecule has 0 saturated carbocycles. The van der Waals surface area contributed by atoms with E-state index in [2.05, 4.69) is 39.5 Å². The summed E-state index contributed by atoms with van der Waals surface area (Å²) in [5.74, 6) is 0. The van der Waals surface area contributed by atoms with Gasteiger partial charge in [-0.15, -0.1) is 0 Å². The number of allylic oxidation sites excluding steroid dienone is 5. The third kappa shape index (κ3) is 7.58. The summed E-state index contributed by atoms with van der Waals surface area (Å²) < 4.78 is 0. The minimum atomic E-state index is 1.15. The van der Waals surface area contributed by atoms with Gasteiger partial charge in [0.15, 0.2) is 0 Å². The first-order valence-corrected chi connectivity index (χ1v) is 5.21. The highest BCUT2D eigenvalue weighted by atomic mass is 14.0.